The van der Waals surface area contributed by atoms with Crippen LogP contribution in [0.2, 0.25) is 0 Å². The molecular weight excluding hydrogens is 286 g/mol. The number of rotatable bonds is 6. The quantitative estimate of drug-likeness (QED) is 0.808. The highest BCUT2D eigenvalue weighted by atomic mass is 16.1. The molecule has 0 aliphatic heterocycles. The first-order valence-corrected chi connectivity index (χ1v) is 9.29. The van der Waals surface area contributed by atoms with Gasteiger partial charge >= 0.3 is 0 Å². The minimum absolute atomic E-state index is 0.201. The van der Waals surface area contributed by atoms with Gasteiger partial charge in [-0.1, -0.05) is 39.5 Å². The van der Waals surface area contributed by atoms with Crippen molar-refractivity contribution in [1.82, 2.24) is 15.1 Å². The van der Waals surface area contributed by atoms with E-state index < -0.39 is 0 Å². The van der Waals surface area contributed by atoms with Crippen LogP contribution in [-0.4, -0.2) is 21.7 Å². The lowest BCUT2D eigenvalue weighted by atomic mass is 10.1. The summed E-state index contributed by atoms with van der Waals surface area (Å²) in [5.41, 5.74) is 3.55. The first-order chi connectivity index (χ1) is 11.0. The Hall–Kier alpha value is -1.32. The molecule has 0 saturated heterocycles. The summed E-state index contributed by atoms with van der Waals surface area (Å²) in [4.78, 5) is 12.3. The van der Waals surface area contributed by atoms with Gasteiger partial charge in [0.1, 0.15) is 0 Å². The van der Waals surface area contributed by atoms with Crippen LogP contribution in [0.25, 0.3) is 0 Å². The molecule has 1 amide bonds. The van der Waals surface area contributed by atoms with Crippen molar-refractivity contribution in [2.45, 2.75) is 91.6 Å². The Morgan fingerprint density at radius 1 is 1.22 bits per heavy atom. The van der Waals surface area contributed by atoms with Crippen molar-refractivity contribution >= 4 is 5.91 Å². The Labute approximate surface area is 141 Å². The standard InChI is InChI=1S/C19H33N3O/c1-14(2)13-22-16(4)18(15(3)21-22)11-12-19(23)20-17-9-7-5-6-8-10-17/h14,17H,5-13H2,1-4H3,(H,20,23). The van der Waals surface area contributed by atoms with Gasteiger partial charge in [0.25, 0.3) is 0 Å². The molecule has 4 heteroatoms. The Kier molecular flexibility index (Phi) is 6.67. The SMILES string of the molecule is Cc1nn(CC(C)C)c(C)c1CCC(=O)NC1CCCCCC1. The second-order valence-corrected chi connectivity index (χ2v) is 7.48. The van der Waals surface area contributed by atoms with Crippen LogP contribution < -0.4 is 5.32 Å². The van der Waals surface area contributed by atoms with Crippen molar-refractivity contribution in [3.05, 3.63) is 17.0 Å². The van der Waals surface area contributed by atoms with E-state index in [2.05, 4.69) is 42.8 Å². The van der Waals surface area contributed by atoms with E-state index in [0.29, 0.717) is 18.4 Å². The van der Waals surface area contributed by atoms with Crippen molar-refractivity contribution in [1.29, 1.82) is 0 Å². The zero-order chi connectivity index (χ0) is 16.8. The summed E-state index contributed by atoms with van der Waals surface area (Å²) in [5, 5.41) is 7.88. The largest absolute Gasteiger partial charge is 0.353 e. The molecule has 1 aromatic heterocycles. The summed E-state index contributed by atoms with van der Waals surface area (Å²) in [6.45, 7) is 9.54. The van der Waals surface area contributed by atoms with E-state index >= 15 is 0 Å². The van der Waals surface area contributed by atoms with Gasteiger partial charge in [-0.05, 0) is 44.6 Å². The Bertz CT molecular complexity index is 511. The van der Waals surface area contributed by atoms with Gasteiger partial charge in [-0.3, -0.25) is 9.48 Å². The number of amides is 1. The van der Waals surface area contributed by atoms with E-state index in [-0.39, 0.29) is 5.91 Å². The average Bonchev–Trinajstić information content (AvgIpc) is 2.68. The monoisotopic (exact) mass is 319 g/mol. The Balaban J connectivity index is 1.87. The Morgan fingerprint density at radius 2 is 1.87 bits per heavy atom. The predicted molar refractivity (Wildman–Crippen MR) is 94.5 cm³/mol. The fourth-order valence-electron chi connectivity index (χ4n) is 3.58. The van der Waals surface area contributed by atoms with E-state index in [1.165, 1.54) is 36.9 Å². The van der Waals surface area contributed by atoms with E-state index in [4.69, 9.17) is 0 Å². The first-order valence-electron chi connectivity index (χ1n) is 9.29. The van der Waals surface area contributed by atoms with Crippen LogP contribution in [0, 0.1) is 19.8 Å². The van der Waals surface area contributed by atoms with Gasteiger partial charge in [0, 0.05) is 24.7 Å². The summed E-state index contributed by atoms with van der Waals surface area (Å²) >= 11 is 0. The van der Waals surface area contributed by atoms with E-state index in [1.807, 2.05) is 0 Å². The minimum Gasteiger partial charge on any atom is -0.353 e. The van der Waals surface area contributed by atoms with Gasteiger partial charge in [-0.15, -0.1) is 0 Å². The fraction of sp³-hybridized carbons (Fsp3) is 0.789. The van der Waals surface area contributed by atoms with Crippen LogP contribution >= 0.6 is 0 Å². The van der Waals surface area contributed by atoms with Crippen molar-refractivity contribution in [3.8, 4) is 0 Å². The molecule has 23 heavy (non-hydrogen) atoms. The van der Waals surface area contributed by atoms with E-state index in [9.17, 15) is 4.79 Å². The fourth-order valence-corrected chi connectivity index (χ4v) is 3.58. The van der Waals surface area contributed by atoms with Gasteiger partial charge in [-0.2, -0.15) is 5.10 Å². The Morgan fingerprint density at radius 3 is 2.48 bits per heavy atom. The highest BCUT2D eigenvalue weighted by Gasteiger charge is 2.17. The zero-order valence-electron chi connectivity index (χ0n) is 15.3. The van der Waals surface area contributed by atoms with Crippen LogP contribution in [0.15, 0.2) is 0 Å². The van der Waals surface area contributed by atoms with E-state index in [0.717, 1.165) is 31.5 Å². The maximum Gasteiger partial charge on any atom is 0.220 e. The van der Waals surface area contributed by atoms with Gasteiger partial charge in [0.2, 0.25) is 5.91 Å². The first kappa shape index (κ1) is 18.0. The molecule has 1 aliphatic carbocycles. The lowest BCUT2D eigenvalue weighted by Gasteiger charge is -2.16. The molecule has 4 nitrogen and oxygen atoms in total. The molecule has 1 aliphatic rings. The van der Waals surface area contributed by atoms with Crippen LogP contribution in [0.4, 0.5) is 0 Å². The second-order valence-electron chi connectivity index (χ2n) is 7.48. The number of aryl methyl sites for hydroxylation is 1. The average molecular weight is 319 g/mol. The minimum atomic E-state index is 0.201. The number of carbonyl (C=O) groups is 1. The maximum atomic E-state index is 12.3. The second kappa shape index (κ2) is 8.51. The summed E-state index contributed by atoms with van der Waals surface area (Å²) < 4.78 is 2.10. The number of hydrogen-bond donors (Lipinski definition) is 1. The third kappa shape index (κ3) is 5.36. The third-order valence-electron chi connectivity index (χ3n) is 4.89. The highest BCUT2D eigenvalue weighted by Crippen LogP contribution is 2.19. The molecule has 1 heterocycles. The van der Waals surface area contributed by atoms with Crippen LogP contribution in [0.5, 0.6) is 0 Å². The van der Waals surface area contributed by atoms with Gasteiger partial charge in [0.05, 0.1) is 5.69 Å². The van der Waals surface area contributed by atoms with Crippen molar-refractivity contribution in [3.63, 3.8) is 0 Å². The normalized spacial score (nSPS) is 16.6. The molecule has 0 radical (unpaired) electrons. The molecule has 0 aromatic carbocycles. The summed E-state index contributed by atoms with van der Waals surface area (Å²) in [6.07, 6.45) is 8.82. The number of nitrogens with one attached hydrogen (secondary N) is 1. The predicted octanol–water partition coefficient (Wildman–Crippen LogP) is 3.93. The summed E-state index contributed by atoms with van der Waals surface area (Å²) in [5.74, 6) is 0.784. The number of aromatic nitrogens is 2. The van der Waals surface area contributed by atoms with E-state index in [1.54, 1.807) is 0 Å². The van der Waals surface area contributed by atoms with Crippen molar-refractivity contribution in [2.24, 2.45) is 5.92 Å². The van der Waals surface area contributed by atoms with Crippen LogP contribution in [0.1, 0.15) is 75.7 Å². The van der Waals surface area contributed by atoms with Crippen molar-refractivity contribution < 1.29 is 4.79 Å². The van der Waals surface area contributed by atoms with Gasteiger partial charge < -0.3 is 5.32 Å². The lowest BCUT2D eigenvalue weighted by Crippen LogP contribution is -2.34. The molecule has 1 fully saturated rings. The third-order valence-corrected chi connectivity index (χ3v) is 4.89. The molecule has 2 rings (SSSR count). The molecule has 130 valence electrons. The summed E-state index contributed by atoms with van der Waals surface area (Å²) in [7, 11) is 0. The molecule has 0 spiro atoms. The molecule has 1 saturated carbocycles. The lowest BCUT2D eigenvalue weighted by molar-refractivity contribution is -0.121. The number of nitrogens with zero attached hydrogens (tertiary/aromatic N) is 2. The van der Waals surface area contributed by atoms with Gasteiger partial charge in [-0.25, -0.2) is 0 Å². The molecular formula is C19H33N3O. The van der Waals surface area contributed by atoms with Crippen LogP contribution in [-0.2, 0) is 17.8 Å². The summed E-state index contributed by atoms with van der Waals surface area (Å²) in [6, 6.07) is 0.399. The van der Waals surface area contributed by atoms with Crippen molar-refractivity contribution in [2.75, 3.05) is 0 Å². The highest BCUT2D eigenvalue weighted by molar-refractivity contribution is 5.76. The maximum absolute atomic E-state index is 12.3. The number of carbonyl (C=O) groups excluding carboxylic acids is 1. The molecule has 0 bridgehead atoms. The molecule has 0 unspecified atom stereocenters. The molecule has 0 atom stereocenters. The smallest absolute Gasteiger partial charge is 0.220 e. The molecule has 1 N–H and O–H groups in total. The topological polar surface area (TPSA) is 46.9 Å². The number of hydrogen-bond acceptors (Lipinski definition) is 2. The van der Waals surface area contributed by atoms with Gasteiger partial charge in [0.15, 0.2) is 0 Å². The molecule has 1 aromatic rings. The van der Waals surface area contributed by atoms with Crippen LogP contribution in [0.3, 0.4) is 0 Å². The zero-order valence-corrected chi connectivity index (χ0v) is 15.3.